The largest absolute Gasteiger partial charge is 0.354 e. The van der Waals surface area contributed by atoms with E-state index in [0.717, 1.165) is 35.5 Å². The molecule has 9 heteroatoms. The summed E-state index contributed by atoms with van der Waals surface area (Å²) >= 11 is 0. The molecule has 33 heavy (non-hydrogen) atoms. The molecule has 0 radical (unpaired) electrons. The normalized spacial score (nSPS) is 15.2. The first-order valence-corrected chi connectivity index (χ1v) is 12.6. The highest BCUT2D eigenvalue weighted by Crippen LogP contribution is 2.26. The minimum atomic E-state index is -3.52. The lowest BCUT2D eigenvalue weighted by atomic mass is 10.1. The summed E-state index contributed by atoms with van der Waals surface area (Å²) < 4.78 is 29.6. The van der Waals surface area contributed by atoms with Gasteiger partial charge in [-0.15, -0.1) is 0 Å². The predicted molar refractivity (Wildman–Crippen MR) is 128 cm³/mol. The lowest BCUT2D eigenvalue weighted by molar-refractivity contribution is 0.383. The van der Waals surface area contributed by atoms with Crippen molar-refractivity contribution < 1.29 is 8.42 Å². The van der Waals surface area contributed by atoms with E-state index in [-0.39, 0.29) is 0 Å². The summed E-state index contributed by atoms with van der Waals surface area (Å²) in [4.78, 5) is 11.4. The fraction of sp³-hybridized carbons (Fsp3) is 0.292. The maximum Gasteiger partial charge on any atom is 0.254 e. The number of hydrogen-bond donors (Lipinski definition) is 0. The Hall–Kier alpha value is -3.30. The molecule has 2 aromatic heterocycles. The van der Waals surface area contributed by atoms with Crippen LogP contribution in [-0.4, -0.2) is 58.5 Å². The summed E-state index contributed by atoms with van der Waals surface area (Å²) in [7, 11) is -3.52. The molecule has 5 rings (SSSR count). The molecule has 0 spiro atoms. The summed E-state index contributed by atoms with van der Waals surface area (Å²) in [5, 5.41) is 4.34. The zero-order valence-corrected chi connectivity index (χ0v) is 19.3. The number of nitrogens with zero attached hydrogens (tertiary/aromatic N) is 6. The van der Waals surface area contributed by atoms with E-state index in [2.05, 4.69) is 26.9 Å². The first kappa shape index (κ1) is 21.5. The monoisotopic (exact) mass is 462 g/mol. The average molecular weight is 463 g/mol. The van der Waals surface area contributed by atoms with Crippen LogP contribution in [0.4, 0.5) is 5.82 Å². The second kappa shape index (κ2) is 8.92. The van der Waals surface area contributed by atoms with E-state index in [0.29, 0.717) is 36.9 Å². The molecule has 1 saturated heterocycles. The van der Waals surface area contributed by atoms with Crippen LogP contribution in [-0.2, 0) is 16.4 Å². The van der Waals surface area contributed by atoms with Crippen LogP contribution in [0.2, 0.25) is 0 Å². The number of aryl methyl sites for hydroxylation is 1. The highest BCUT2D eigenvalue weighted by Gasteiger charge is 2.29. The SMILES string of the molecule is CCCc1ccc(S(=O)(=O)N2CCN(c3cc(-c4ccccc4)nc4ncnn34)CC2)cc1. The van der Waals surface area contributed by atoms with E-state index in [4.69, 9.17) is 0 Å². The quantitative estimate of drug-likeness (QED) is 0.437. The van der Waals surface area contributed by atoms with Crippen molar-refractivity contribution in [3.63, 3.8) is 0 Å². The molecule has 170 valence electrons. The van der Waals surface area contributed by atoms with Gasteiger partial charge in [-0.2, -0.15) is 18.9 Å². The lowest BCUT2D eigenvalue weighted by Gasteiger charge is -2.35. The summed E-state index contributed by atoms with van der Waals surface area (Å²) in [5.74, 6) is 1.38. The van der Waals surface area contributed by atoms with Crippen molar-refractivity contribution in [1.82, 2.24) is 23.9 Å². The Labute approximate surface area is 193 Å². The van der Waals surface area contributed by atoms with Crippen LogP contribution in [0.1, 0.15) is 18.9 Å². The molecule has 2 aromatic carbocycles. The Balaban J connectivity index is 1.37. The highest BCUT2D eigenvalue weighted by atomic mass is 32.2. The predicted octanol–water partition coefficient (Wildman–Crippen LogP) is 3.25. The lowest BCUT2D eigenvalue weighted by Crippen LogP contribution is -2.49. The van der Waals surface area contributed by atoms with Gasteiger partial charge in [-0.25, -0.2) is 13.4 Å². The smallest absolute Gasteiger partial charge is 0.254 e. The van der Waals surface area contributed by atoms with Crippen LogP contribution in [0.5, 0.6) is 0 Å². The van der Waals surface area contributed by atoms with Crippen LogP contribution < -0.4 is 4.90 Å². The van der Waals surface area contributed by atoms with Crippen molar-refractivity contribution in [2.75, 3.05) is 31.1 Å². The van der Waals surface area contributed by atoms with Gasteiger partial charge in [0.05, 0.1) is 10.6 Å². The van der Waals surface area contributed by atoms with E-state index >= 15 is 0 Å². The molecule has 0 N–H and O–H groups in total. The second-order valence-corrected chi connectivity index (χ2v) is 10.1. The number of rotatable bonds is 6. The van der Waals surface area contributed by atoms with Gasteiger partial charge in [0, 0.05) is 37.8 Å². The summed E-state index contributed by atoms with van der Waals surface area (Å²) in [6.45, 7) is 4.03. The number of hydrogen-bond acceptors (Lipinski definition) is 6. The van der Waals surface area contributed by atoms with Gasteiger partial charge in [-0.05, 0) is 24.1 Å². The van der Waals surface area contributed by atoms with Crippen LogP contribution in [0.25, 0.3) is 17.0 Å². The van der Waals surface area contributed by atoms with Crippen molar-refractivity contribution >= 4 is 21.6 Å². The molecule has 8 nitrogen and oxygen atoms in total. The molecule has 0 atom stereocenters. The molecule has 1 aliphatic heterocycles. The zero-order chi connectivity index (χ0) is 22.8. The third kappa shape index (κ3) is 4.21. The Bertz CT molecular complexity index is 1350. The molecule has 1 fully saturated rings. The van der Waals surface area contributed by atoms with Crippen molar-refractivity contribution in [1.29, 1.82) is 0 Å². The Morgan fingerprint density at radius 3 is 2.36 bits per heavy atom. The Morgan fingerprint density at radius 1 is 0.939 bits per heavy atom. The van der Waals surface area contributed by atoms with E-state index < -0.39 is 10.0 Å². The highest BCUT2D eigenvalue weighted by molar-refractivity contribution is 7.89. The molecule has 4 aromatic rings. The van der Waals surface area contributed by atoms with Crippen LogP contribution in [0.15, 0.2) is 71.9 Å². The minimum absolute atomic E-state index is 0.352. The van der Waals surface area contributed by atoms with Crippen molar-refractivity contribution in [2.24, 2.45) is 0 Å². The molecule has 0 saturated carbocycles. The number of piperazine rings is 1. The molecule has 1 aliphatic rings. The second-order valence-electron chi connectivity index (χ2n) is 8.12. The molecule has 0 amide bonds. The van der Waals surface area contributed by atoms with Crippen molar-refractivity contribution in [2.45, 2.75) is 24.7 Å². The third-order valence-electron chi connectivity index (χ3n) is 5.97. The van der Waals surface area contributed by atoms with Crippen LogP contribution in [0.3, 0.4) is 0 Å². The van der Waals surface area contributed by atoms with Gasteiger partial charge in [-0.3, -0.25) is 0 Å². The average Bonchev–Trinajstić information content (AvgIpc) is 3.33. The Kier molecular flexibility index (Phi) is 5.82. The van der Waals surface area contributed by atoms with Gasteiger partial charge in [0.25, 0.3) is 5.78 Å². The van der Waals surface area contributed by atoms with Crippen molar-refractivity contribution in [3.8, 4) is 11.3 Å². The zero-order valence-electron chi connectivity index (χ0n) is 18.5. The van der Waals surface area contributed by atoms with Gasteiger partial charge in [0.1, 0.15) is 12.1 Å². The van der Waals surface area contributed by atoms with E-state index in [1.807, 2.05) is 48.5 Å². The first-order valence-electron chi connectivity index (χ1n) is 11.2. The standard InChI is InChI=1S/C24H26N6O2S/c1-2-6-19-9-11-21(12-10-19)33(31,32)29-15-13-28(14-16-29)23-17-22(20-7-4-3-5-8-20)27-24-25-18-26-30(23)24/h3-5,7-12,17-18H,2,6,13-16H2,1H3. The minimum Gasteiger partial charge on any atom is -0.354 e. The Morgan fingerprint density at radius 2 is 1.67 bits per heavy atom. The number of benzene rings is 2. The maximum atomic E-state index is 13.2. The van der Waals surface area contributed by atoms with Gasteiger partial charge < -0.3 is 4.90 Å². The molecule has 3 heterocycles. The van der Waals surface area contributed by atoms with Crippen LogP contribution in [0, 0.1) is 0 Å². The number of fused-ring (bicyclic) bond motifs is 1. The molecule has 0 unspecified atom stereocenters. The summed E-state index contributed by atoms with van der Waals surface area (Å²) in [6.07, 6.45) is 3.48. The van der Waals surface area contributed by atoms with Crippen molar-refractivity contribution in [3.05, 3.63) is 72.6 Å². The summed E-state index contributed by atoms with van der Waals surface area (Å²) in [6, 6.07) is 19.2. The number of sulfonamides is 1. The molecule has 0 aliphatic carbocycles. The van der Waals surface area contributed by atoms with Crippen LogP contribution >= 0.6 is 0 Å². The van der Waals surface area contributed by atoms with Gasteiger partial charge in [0.2, 0.25) is 10.0 Å². The van der Waals surface area contributed by atoms with Gasteiger partial charge >= 0.3 is 0 Å². The molecular weight excluding hydrogens is 436 g/mol. The topological polar surface area (TPSA) is 83.7 Å². The summed E-state index contributed by atoms with van der Waals surface area (Å²) in [5.41, 5.74) is 2.97. The maximum absolute atomic E-state index is 13.2. The first-order chi connectivity index (χ1) is 16.1. The number of anilines is 1. The fourth-order valence-electron chi connectivity index (χ4n) is 4.20. The van der Waals surface area contributed by atoms with E-state index in [9.17, 15) is 8.42 Å². The fourth-order valence-corrected chi connectivity index (χ4v) is 5.62. The van der Waals surface area contributed by atoms with Gasteiger partial charge in [-0.1, -0.05) is 55.8 Å². The van der Waals surface area contributed by atoms with E-state index in [1.54, 1.807) is 21.0 Å². The molecular formula is C24H26N6O2S. The number of aromatic nitrogens is 4. The molecule has 0 bridgehead atoms. The third-order valence-corrected chi connectivity index (χ3v) is 7.88. The van der Waals surface area contributed by atoms with Gasteiger partial charge in [0.15, 0.2) is 0 Å². The van der Waals surface area contributed by atoms with E-state index in [1.165, 1.54) is 6.33 Å².